The topological polar surface area (TPSA) is 39.2 Å². The highest BCUT2D eigenvalue weighted by Gasteiger charge is 2.25. The molecule has 1 heterocycles. The van der Waals surface area contributed by atoms with Crippen molar-refractivity contribution in [2.45, 2.75) is 18.7 Å². The number of alkyl halides is 3. The number of esters is 1. The molecule has 1 rings (SSSR count). The number of hydrogen-bond acceptors (Lipinski definition) is 3. The quantitative estimate of drug-likeness (QED) is 0.424. The molecule has 1 aromatic heterocycles. The number of rotatable bonds is 4. The predicted molar refractivity (Wildman–Crippen MR) is 70.5 cm³/mol. The normalized spacial score (nSPS) is 10.7. The molecular weight excluding hydrogens is 411 g/mol. The van der Waals surface area contributed by atoms with Crippen molar-refractivity contribution < 1.29 is 18.3 Å². The summed E-state index contributed by atoms with van der Waals surface area (Å²) in [6.45, 7) is 1.73. The Morgan fingerprint density at radius 2 is 2.29 bits per heavy atom. The third-order valence-corrected chi connectivity index (χ3v) is 3.83. The summed E-state index contributed by atoms with van der Waals surface area (Å²) >= 11 is 4.96. The molecule has 0 aromatic carbocycles. The second kappa shape index (κ2) is 6.58. The Morgan fingerprint density at radius 1 is 1.65 bits per heavy atom. The highest BCUT2D eigenvalue weighted by Crippen LogP contribution is 2.30. The van der Waals surface area contributed by atoms with Crippen molar-refractivity contribution in [3.8, 4) is 0 Å². The SMILES string of the molecule is CCOC(=O)c1ncc(CBr)c(I)c1C(F)F. The molecule has 0 atom stereocenters. The fourth-order valence-corrected chi connectivity index (χ4v) is 2.97. The van der Waals surface area contributed by atoms with Crippen LogP contribution in [0.3, 0.4) is 0 Å². The van der Waals surface area contributed by atoms with E-state index in [1.165, 1.54) is 6.20 Å². The molecule has 0 aliphatic carbocycles. The number of hydrogen-bond donors (Lipinski definition) is 0. The summed E-state index contributed by atoms with van der Waals surface area (Å²) in [5, 5.41) is 0.404. The molecule has 0 saturated carbocycles. The van der Waals surface area contributed by atoms with Crippen LogP contribution in [-0.2, 0) is 10.1 Å². The van der Waals surface area contributed by atoms with Crippen LogP contribution in [0.25, 0.3) is 0 Å². The maximum Gasteiger partial charge on any atom is 0.357 e. The Hall–Kier alpha value is -0.310. The number of halogens is 4. The zero-order chi connectivity index (χ0) is 13.0. The van der Waals surface area contributed by atoms with Gasteiger partial charge in [-0.25, -0.2) is 18.6 Å². The number of carbonyl (C=O) groups excluding carboxylic acids is 1. The van der Waals surface area contributed by atoms with Crippen LogP contribution in [0.2, 0.25) is 0 Å². The van der Waals surface area contributed by atoms with Gasteiger partial charge >= 0.3 is 5.97 Å². The van der Waals surface area contributed by atoms with E-state index in [0.29, 0.717) is 14.5 Å². The van der Waals surface area contributed by atoms with Crippen LogP contribution in [0.15, 0.2) is 6.20 Å². The Labute approximate surface area is 119 Å². The summed E-state index contributed by atoms with van der Waals surface area (Å²) < 4.78 is 30.9. The standard InChI is InChI=1S/C10H9BrF2INO2/c1-2-17-10(16)8-6(9(12)13)7(14)5(3-11)4-15-8/h4,9H,2-3H2,1H3. The molecule has 94 valence electrons. The Bertz CT molecular complexity index is 429. The second-order valence-electron chi connectivity index (χ2n) is 3.01. The van der Waals surface area contributed by atoms with Crippen molar-refractivity contribution in [3.63, 3.8) is 0 Å². The first kappa shape index (κ1) is 14.7. The van der Waals surface area contributed by atoms with Crippen molar-refractivity contribution in [2.75, 3.05) is 6.61 Å². The van der Waals surface area contributed by atoms with Gasteiger partial charge in [-0.2, -0.15) is 0 Å². The van der Waals surface area contributed by atoms with Crippen LogP contribution >= 0.6 is 38.5 Å². The van der Waals surface area contributed by atoms with Crippen molar-refractivity contribution in [2.24, 2.45) is 0 Å². The number of ether oxygens (including phenoxy) is 1. The summed E-state index contributed by atoms with van der Waals surface area (Å²) in [5.41, 5.74) is -0.0501. The highest BCUT2D eigenvalue weighted by molar-refractivity contribution is 14.1. The van der Waals surface area contributed by atoms with E-state index in [9.17, 15) is 13.6 Å². The van der Waals surface area contributed by atoms with Crippen LogP contribution in [0.1, 0.15) is 35.0 Å². The van der Waals surface area contributed by atoms with E-state index < -0.39 is 12.4 Å². The molecule has 0 N–H and O–H groups in total. The molecular formula is C10H9BrF2INO2. The summed E-state index contributed by atoms with van der Waals surface area (Å²) in [4.78, 5) is 15.2. The Kier molecular flexibility index (Phi) is 5.71. The van der Waals surface area contributed by atoms with Gasteiger partial charge in [0, 0.05) is 15.1 Å². The van der Waals surface area contributed by atoms with E-state index in [1.54, 1.807) is 29.5 Å². The van der Waals surface area contributed by atoms with E-state index >= 15 is 0 Å². The number of aromatic nitrogens is 1. The number of carbonyl (C=O) groups is 1. The maximum absolute atomic E-state index is 12.9. The molecule has 7 heteroatoms. The van der Waals surface area contributed by atoms with Crippen molar-refractivity contribution in [1.82, 2.24) is 4.98 Å². The lowest BCUT2D eigenvalue weighted by molar-refractivity contribution is 0.0507. The lowest BCUT2D eigenvalue weighted by Crippen LogP contribution is -2.13. The Balaban J connectivity index is 3.31. The van der Waals surface area contributed by atoms with Gasteiger partial charge in [0.1, 0.15) is 0 Å². The van der Waals surface area contributed by atoms with Crippen molar-refractivity contribution in [3.05, 3.63) is 26.6 Å². The van der Waals surface area contributed by atoms with Crippen molar-refractivity contribution >= 4 is 44.5 Å². The fraction of sp³-hybridized carbons (Fsp3) is 0.400. The van der Waals surface area contributed by atoms with Crippen LogP contribution in [-0.4, -0.2) is 17.6 Å². The van der Waals surface area contributed by atoms with Gasteiger partial charge in [0.2, 0.25) is 0 Å². The van der Waals surface area contributed by atoms with E-state index in [-0.39, 0.29) is 17.9 Å². The second-order valence-corrected chi connectivity index (χ2v) is 4.65. The number of nitrogens with zero attached hydrogens (tertiary/aromatic N) is 1. The average Bonchev–Trinajstić information content (AvgIpc) is 2.28. The van der Waals surface area contributed by atoms with Gasteiger partial charge in [-0.15, -0.1) is 0 Å². The minimum Gasteiger partial charge on any atom is -0.461 e. The van der Waals surface area contributed by atoms with E-state index in [0.717, 1.165) is 0 Å². The van der Waals surface area contributed by atoms with Crippen molar-refractivity contribution in [1.29, 1.82) is 0 Å². The predicted octanol–water partition coefficient (Wildman–Crippen LogP) is 3.70. The summed E-state index contributed by atoms with van der Waals surface area (Å²) in [6.07, 6.45) is -1.36. The lowest BCUT2D eigenvalue weighted by atomic mass is 10.1. The van der Waals surface area contributed by atoms with Gasteiger partial charge in [0.25, 0.3) is 6.43 Å². The van der Waals surface area contributed by atoms with Gasteiger partial charge in [0.05, 0.1) is 12.2 Å². The monoisotopic (exact) mass is 419 g/mol. The molecule has 0 spiro atoms. The van der Waals surface area contributed by atoms with Crippen LogP contribution in [0, 0.1) is 3.57 Å². The summed E-state index contributed by atoms with van der Waals surface area (Å²) in [5.74, 6) is -0.818. The first-order valence-electron chi connectivity index (χ1n) is 4.71. The minimum absolute atomic E-state index is 0.125. The molecule has 0 fully saturated rings. The van der Waals surface area contributed by atoms with Gasteiger partial charge in [-0.05, 0) is 35.1 Å². The van der Waals surface area contributed by atoms with Gasteiger partial charge < -0.3 is 4.74 Å². The maximum atomic E-state index is 12.9. The molecule has 0 aliphatic heterocycles. The zero-order valence-corrected chi connectivity index (χ0v) is 12.6. The zero-order valence-electron chi connectivity index (χ0n) is 8.84. The smallest absolute Gasteiger partial charge is 0.357 e. The van der Waals surface area contributed by atoms with E-state index in [1.807, 2.05) is 0 Å². The molecule has 3 nitrogen and oxygen atoms in total. The summed E-state index contributed by atoms with van der Waals surface area (Å²) in [6, 6.07) is 0. The molecule has 0 radical (unpaired) electrons. The van der Waals surface area contributed by atoms with E-state index in [4.69, 9.17) is 4.74 Å². The highest BCUT2D eigenvalue weighted by atomic mass is 127. The largest absolute Gasteiger partial charge is 0.461 e. The number of pyridine rings is 1. The van der Waals surface area contributed by atoms with Crippen LogP contribution in [0.4, 0.5) is 8.78 Å². The van der Waals surface area contributed by atoms with Crippen LogP contribution in [0.5, 0.6) is 0 Å². The van der Waals surface area contributed by atoms with Gasteiger partial charge in [-0.1, -0.05) is 15.9 Å². The third kappa shape index (κ3) is 3.34. The lowest BCUT2D eigenvalue weighted by Gasteiger charge is -2.11. The first-order valence-corrected chi connectivity index (χ1v) is 6.91. The molecule has 17 heavy (non-hydrogen) atoms. The van der Waals surface area contributed by atoms with E-state index in [2.05, 4.69) is 20.9 Å². The van der Waals surface area contributed by atoms with Crippen LogP contribution < -0.4 is 0 Å². The molecule has 0 aliphatic rings. The molecule has 0 unspecified atom stereocenters. The third-order valence-electron chi connectivity index (χ3n) is 1.95. The molecule has 0 amide bonds. The Morgan fingerprint density at radius 3 is 2.76 bits per heavy atom. The first-order chi connectivity index (χ1) is 8.02. The minimum atomic E-state index is -2.76. The molecule has 0 saturated heterocycles. The summed E-state index contributed by atoms with van der Waals surface area (Å²) in [7, 11) is 0. The molecule has 0 bridgehead atoms. The fourth-order valence-electron chi connectivity index (χ4n) is 1.20. The average molecular weight is 420 g/mol. The van der Waals surface area contributed by atoms with Gasteiger partial charge in [-0.3, -0.25) is 0 Å². The molecule has 1 aromatic rings. The van der Waals surface area contributed by atoms with Gasteiger partial charge in [0.15, 0.2) is 5.69 Å².